The van der Waals surface area contributed by atoms with Crippen LogP contribution in [0, 0.1) is 5.41 Å². The van der Waals surface area contributed by atoms with Crippen molar-refractivity contribution in [2.75, 3.05) is 27.3 Å². The lowest BCUT2D eigenvalue weighted by molar-refractivity contribution is -0.270. The fourth-order valence-corrected chi connectivity index (χ4v) is 1.26. The minimum Gasteiger partial charge on any atom is -0.383 e. The summed E-state index contributed by atoms with van der Waals surface area (Å²) in [6, 6.07) is 0. The molecule has 1 saturated heterocycles. The molecule has 1 fully saturated rings. The molecule has 16 heavy (non-hydrogen) atoms. The molecule has 1 rings (SSSR count). The van der Waals surface area contributed by atoms with E-state index in [9.17, 15) is 4.79 Å². The van der Waals surface area contributed by atoms with E-state index in [1.54, 1.807) is 18.0 Å². The monoisotopic (exact) mass is 227 g/mol. The van der Waals surface area contributed by atoms with E-state index in [1.807, 2.05) is 27.9 Å². The van der Waals surface area contributed by atoms with E-state index < -0.39 is 5.79 Å². The highest BCUT2D eigenvalue weighted by Crippen LogP contribution is 2.29. The number of rotatable bonds is 3. The minimum absolute atomic E-state index is 0.0228. The van der Waals surface area contributed by atoms with Crippen molar-refractivity contribution in [3.63, 3.8) is 0 Å². The average Bonchev–Trinajstić information content (AvgIpc) is 2.19. The molecule has 0 radical (unpaired) electrons. The summed E-state index contributed by atoms with van der Waals surface area (Å²) >= 11 is 0. The average molecular weight is 227 g/mol. The van der Waals surface area contributed by atoms with Gasteiger partial charge in [0.05, 0.1) is 13.2 Å². The Balaban J connectivity index is 2.63. The number of ketones is 1. The second-order valence-corrected chi connectivity index (χ2v) is 5.33. The van der Waals surface area contributed by atoms with Crippen LogP contribution < -0.4 is 0 Å². The van der Waals surface area contributed by atoms with E-state index >= 15 is 0 Å². The van der Waals surface area contributed by atoms with E-state index in [0.717, 1.165) is 0 Å². The SMILES string of the molecule is CN(C)C=CC(=O)C1(C)OCC(C)(C)CO1. The maximum Gasteiger partial charge on any atom is 0.230 e. The molecule has 0 saturated carbocycles. The van der Waals surface area contributed by atoms with Crippen LogP contribution in [0.15, 0.2) is 12.3 Å². The molecule has 1 heterocycles. The highest BCUT2D eigenvalue weighted by molar-refractivity contribution is 5.95. The van der Waals surface area contributed by atoms with Gasteiger partial charge in [0, 0.05) is 31.8 Å². The van der Waals surface area contributed by atoms with E-state index in [2.05, 4.69) is 0 Å². The molecular weight excluding hydrogens is 206 g/mol. The maximum absolute atomic E-state index is 11.9. The van der Waals surface area contributed by atoms with Crippen LogP contribution in [-0.2, 0) is 14.3 Å². The predicted octanol–water partition coefficient (Wildman–Crippen LogP) is 1.42. The molecule has 0 aromatic carbocycles. The van der Waals surface area contributed by atoms with Crippen LogP contribution >= 0.6 is 0 Å². The van der Waals surface area contributed by atoms with Gasteiger partial charge in [-0.05, 0) is 6.92 Å². The van der Waals surface area contributed by atoms with E-state index in [0.29, 0.717) is 13.2 Å². The third-order valence-electron chi connectivity index (χ3n) is 2.45. The van der Waals surface area contributed by atoms with Gasteiger partial charge in [-0.3, -0.25) is 4.79 Å². The number of carbonyl (C=O) groups excluding carboxylic acids is 1. The van der Waals surface area contributed by atoms with Gasteiger partial charge in [0.25, 0.3) is 0 Å². The van der Waals surface area contributed by atoms with Gasteiger partial charge < -0.3 is 14.4 Å². The Labute approximate surface area is 97.2 Å². The van der Waals surface area contributed by atoms with Crippen molar-refractivity contribution < 1.29 is 14.3 Å². The lowest BCUT2D eigenvalue weighted by Crippen LogP contribution is -2.50. The molecule has 0 aliphatic carbocycles. The third-order valence-corrected chi connectivity index (χ3v) is 2.45. The summed E-state index contributed by atoms with van der Waals surface area (Å²) in [5.41, 5.74) is -0.0228. The molecule has 0 N–H and O–H groups in total. The number of hydrogen-bond acceptors (Lipinski definition) is 4. The number of carbonyl (C=O) groups is 1. The highest BCUT2D eigenvalue weighted by atomic mass is 16.7. The first-order valence-electron chi connectivity index (χ1n) is 5.42. The predicted molar refractivity (Wildman–Crippen MR) is 61.9 cm³/mol. The van der Waals surface area contributed by atoms with Crippen LogP contribution in [0.5, 0.6) is 0 Å². The molecular formula is C12H21NO3. The van der Waals surface area contributed by atoms with Crippen molar-refractivity contribution in [3.8, 4) is 0 Å². The largest absolute Gasteiger partial charge is 0.383 e. The highest BCUT2D eigenvalue weighted by Gasteiger charge is 2.41. The summed E-state index contributed by atoms with van der Waals surface area (Å²) < 4.78 is 11.1. The Bertz CT molecular complexity index is 285. The van der Waals surface area contributed by atoms with Gasteiger partial charge in [-0.25, -0.2) is 0 Å². The van der Waals surface area contributed by atoms with Crippen molar-refractivity contribution in [1.82, 2.24) is 4.90 Å². The van der Waals surface area contributed by atoms with Gasteiger partial charge in [-0.1, -0.05) is 13.8 Å². The second-order valence-electron chi connectivity index (χ2n) is 5.33. The van der Waals surface area contributed by atoms with Crippen LogP contribution in [0.4, 0.5) is 0 Å². The summed E-state index contributed by atoms with van der Waals surface area (Å²) in [5.74, 6) is -1.28. The molecule has 4 heteroatoms. The Morgan fingerprint density at radius 2 is 1.69 bits per heavy atom. The maximum atomic E-state index is 11.9. The number of hydrogen-bond donors (Lipinski definition) is 0. The third kappa shape index (κ3) is 3.32. The smallest absolute Gasteiger partial charge is 0.230 e. The molecule has 0 spiro atoms. The van der Waals surface area contributed by atoms with Crippen LogP contribution in [0.25, 0.3) is 0 Å². The van der Waals surface area contributed by atoms with Crippen molar-refractivity contribution in [2.45, 2.75) is 26.6 Å². The topological polar surface area (TPSA) is 38.8 Å². The first-order chi connectivity index (χ1) is 7.25. The Morgan fingerprint density at radius 3 is 2.12 bits per heavy atom. The molecule has 0 amide bonds. The van der Waals surface area contributed by atoms with E-state index in [1.165, 1.54) is 6.08 Å². The fourth-order valence-electron chi connectivity index (χ4n) is 1.26. The molecule has 92 valence electrons. The van der Waals surface area contributed by atoms with Crippen molar-refractivity contribution >= 4 is 5.78 Å². The first kappa shape index (κ1) is 13.2. The normalized spacial score (nSPS) is 23.3. The van der Waals surface area contributed by atoms with Crippen molar-refractivity contribution in [1.29, 1.82) is 0 Å². The van der Waals surface area contributed by atoms with Crippen LogP contribution in [0.3, 0.4) is 0 Å². The Hall–Kier alpha value is -0.870. The van der Waals surface area contributed by atoms with Gasteiger partial charge >= 0.3 is 0 Å². The van der Waals surface area contributed by atoms with Crippen LogP contribution in [0.1, 0.15) is 20.8 Å². The second kappa shape index (κ2) is 4.55. The van der Waals surface area contributed by atoms with Crippen LogP contribution in [0.2, 0.25) is 0 Å². The zero-order valence-corrected chi connectivity index (χ0v) is 10.7. The molecule has 4 nitrogen and oxygen atoms in total. The minimum atomic E-state index is -1.12. The molecule has 1 aliphatic heterocycles. The molecule has 0 bridgehead atoms. The molecule has 0 aromatic rings. The summed E-state index contributed by atoms with van der Waals surface area (Å²) in [4.78, 5) is 13.7. The summed E-state index contributed by atoms with van der Waals surface area (Å²) in [5, 5.41) is 0. The quantitative estimate of drug-likeness (QED) is 0.684. The van der Waals surface area contributed by atoms with Crippen molar-refractivity contribution in [3.05, 3.63) is 12.3 Å². The van der Waals surface area contributed by atoms with E-state index in [4.69, 9.17) is 9.47 Å². The fraction of sp³-hybridized carbons (Fsp3) is 0.750. The van der Waals surface area contributed by atoms with Crippen LogP contribution in [-0.4, -0.2) is 43.8 Å². The van der Waals surface area contributed by atoms with Gasteiger partial charge in [-0.15, -0.1) is 0 Å². The molecule has 0 unspecified atom stereocenters. The van der Waals surface area contributed by atoms with Gasteiger partial charge in [0.2, 0.25) is 11.6 Å². The van der Waals surface area contributed by atoms with Gasteiger partial charge in [0.1, 0.15) is 0 Å². The Kier molecular flexibility index (Phi) is 3.76. The van der Waals surface area contributed by atoms with Gasteiger partial charge in [0.15, 0.2) is 0 Å². The van der Waals surface area contributed by atoms with Crippen molar-refractivity contribution in [2.24, 2.45) is 5.41 Å². The standard InChI is InChI=1S/C12H21NO3/c1-11(2)8-15-12(3,16-9-11)10(14)6-7-13(4)5/h6-7H,8-9H2,1-5H3. The summed E-state index contributed by atoms with van der Waals surface area (Å²) in [7, 11) is 3.72. The lowest BCUT2D eigenvalue weighted by Gasteiger charge is -2.39. The molecule has 0 atom stereocenters. The number of nitrogens with zero attached hydrogens (tertiary/aromatic N) is 1. The summed E-state index contributed by atoms with van der Waals surface area (Å²) in [6.07, 6.45) is 3.18. The first-order valence-corrected chi connectivity index (χ1v) is 5.42. The van der Waals surface area contributed by atoms with Gasteiger partial charge in [-0.2, -0.15) is 0 Å². The molecule has 1 aliphatic rings. The van der Waals surface area contributed by atoms with E-state index in [-0.39, 0.29) is 11.2 Å². The number of ether oxygens (including phenoxy) is 2. The Morgan fingerprint density at radius 1 is 1.19 bits per heavy atom. The molecule has 0 aromatic heterocycles. The zero-order chi connectivity index (χ0) is 12.4. The summed E-state index contributed by atoms with van der Waals surface area (Å²) in [6.45, 7) is 6.83. The lowest BCUT2D eigenvalue weighted by atomic mass is 9.94. The zero-order valence-electron chi connectivity index (χ0n) is 10.7.